The van der Waals surface area contributed by atoms with Gasteiger partial charge in [0.2, 0.25) is 12.1 Å². The monoisotopic (exact) mass is 478 g/mol. The number of amides is 1. The molecule has 11 nitrogen and oxygen atoms in total. The maximum absolute atomic E-state index is 13.0. The van der Waals surface area contributed by atoms with E-state index in [0.29, 0.717) is 4.90 Å². The van der Waals surface area contributed by atoms with Crippen molar-refractivity contribution < 1.29 is 32.7 Å². The quantitative estimate of drug-likeness (QED) is 0.337. The first kappa shape index (κ1) is 21.7. The summed E-state index contributed by atoms with van der Waals surface area (Å²) in [5.41, 5.74) is -6.17. The maximum Gasteiger partial charge on any atom is 0.416 e. The van der Waals surface area contributed by atoms with Gasteiger partial charge in [0.25, 0.3) is 5.69 Å². The van der Waals surface area contributed by atoms with E-state index in [9.17, 15) is 48.3 Å². The number of rotatable bonds is 6. The molecule has 2 aromatic carbocycles. The van der Waals surface area contributed by atoms with Crippen LogP contribution in [-0.4, -0.2) is 21.2 Å². The molecule has 0 unspecified atom stereocenters. The van der Waals surface area contributed by atoms with Gasteiger partial charge in [0.1, 0.15) is 0 Å². The molecule has 0 aliphatic rings. The van der Waals surface area contributed by atoms with E-state index in [4.69, 9.17) is 0 Å². The molecule has 0 saturated heterocycles. The van der Waals surface area contributed by atoms with Crippen LogP contribution in [-0.2, 0) is 11.0 Å². The van der Waals surface area contributed by atoms with E-state index in [1.807, 2.05) is 0 Å². The molecule has 0 spiro atoms. The zero-order valence-corrected chi connectivity index (χ0v) is 15.2. The van der Waals surface area contributed by atoms with Crippen molar-refractivity contribution in [1.29, 1.82) is 0 Å². The topological polar surface area (TPSA) is 150 Å². The molecule has 0 saturated carbocycles. The molecule has 0 bridgehead atoms. The minimum Gasteiger partial charge on any atom is -0.278 e. The number of nitro benzene ring substituents is 3. The van der Waals surface area contributed by atoms with Gasteiger partial charge in [-0.25, -0.2) is 0 Å². The Labute approximate surface area is 165 Å². The summed E-state index contributed by atoms with van der Waals surface area (Å²) in [5.74, 6) is 0. The molecule has 15 heteroatoms. The molecule has 0 aliphatic carbocycles. The smallest absolute Gasteiger partial charge is 0.278 e. The Morgan fingerprint density at radius 2 is 1.45 bits per heavy atom. The predicted molar refractivity (Wildman–Crippen MR) is 93.8 cm³/mol. The summed E-state index contributed by atoms with van der Waals surface area (Å²) in [5, 5.41) is 33.5. The lowest BCUT2D eigenvalue weighted by molar-refractivity contribution is -0.392. The van der Waals surface area contributed by atoms with Gasteiger partial charge >= 0.3 is 17.6 Å². The summed E-state index contributed by atoms with van der Waals surface area (Å²) < 4.78 is 38.8. The van der Waals surface area contributed by atoms with Crippen molar-refractivity contribution in [3.05, 3.63) is 70.7 Å². The zero-order chi connectivity index (χ0) is 22.1. The summed E-state index contributed by atoms with van der Waals surface area (Å²) in [4.78, 5) is 42.0. The van der Waals surface area contributed by atoms with E-state index in [2.05, 4.69) is 15.9 Å². The van der Waals surface area contributed by atoms with Crippen LogP contribution in [0.5, 0.6) is 0 Å². The van der Waals surface area contributed by atoms with Gasteiger partial charge in [-0.2, -0.15) is 13.2 Å². The highest BCUT2D eigenvalue weighted by atomic mass is 79.9. The van der Waals surface area contributed by atoms with E-state index in [-0.39, 0.29) is 28.7 Å². The number of benzene rings is 2. The standard InChI is InChI=1S/C14H6BrF3N4O7/c15-9-5-8(20(24)25)1-2-10(9)19(6-23)13-11(21(26)27)3-7(14(16,17)18)4-12(13)22(28)29/h1-6H. The zero-order valence-electron chi connectivity index (χ0n) is 13.6. The molecule has 2 rings (SSSR count). The summed E-state index contributed by atoms with van der Waals surface area (Å²) in [6.45, 7) is 0. The molecule has 0 aromatic heterocycles. The Bertz CT molecular complexity index is 1010. The van der Waals surface area contributed by atoms with Gasteiger partial charge < -0.3 is 0 Å². The van der Waals surface area contributed by atoms with Crippen LogP contribution in [0.1, 0.15) is 5.56 Å². The van der Waals surface area contributed by atoms with Gasteiger partial charge in [-0.1, -0.05) is 0 Å². The van der Waals surface area contributed by atoms with Crippen molar-refractivity contribution in [1.82, 2.24) is 0 Å². The minimum absolute atomic E-state index is 0.0537. The Morgan fingerprint density at radius 1 is 0.931 bits per heavy atom. The SMILES string of the molecule is O=CN(c1ccc([N+](=O)[O-])cc1Br)c1c([N+](=O)[O-])cc(C(F)(F)F)cc1[N+](=O)[O-]. The first-order chi connectivity index (χ1) is 13.4. The van der Waals surface area contributed by atoms with Crippen LogP contribution in [0.2, 0.25) is 0 Å². The van der Waals surface area contributed by atoms with E-state index in [1.54, 1.807) is 0 Å². The molecule has 0 atom stereocenters. The van der Waals surface area contributed by atoms with Gasteiger partial charge in [0, 0.05) is 28.7 Å². The molecule has 29 heavy (non-hydrogen) atoms. The lowest BCUT2D eigenvalue weighted by atomic mass is 10.1. The minimum atomic E-state index is -5.13. The fourth-order valence-corrected chi connectivity index (χ4v) is 2.89. The average molecular weight is 479 g/mol. The number of hydrogen-bond donors (Lipinski definition) is 0. The number of carbonyl (C=O) groups is 1. The van der Waals surface area contributed by atoms with Crippen LogP contribution in [0.4, 0.5) is 41.6 Å². The Kier molecular flexibility index (Phi) is 5.82. The number of non-ortho nitro benzene ring substituents is 1. The Morgan fingerprint density at radius 3 is 1.79 bits per heavy atom. The van der Waals surface area contributed by atoms with Gasteiger partial charge in [0.05, 0.1) is 26.0 Å². The van der Waals surface area contributed by atoms with Crippen molar-refractivity contribution in [2.45, 2.75) is 6.18 Å². The molecule has 2 aromatic rings. The fraction of sp³-hybridized carbons (Fsp3) is 0.0714. The first-order valence-corrected chi connectivity index (χ1v) is 7.90. The highest BCUT2D eigenvalue weighted by molar-refractivity contribution is 9.10. The van der Waals surface area contributed by atoms with E-state index < -0.39 is 49.3 Å². The second-order valence-corrected chi connectivity index (χ2v) is 6.10. The van der Waals surface area contributed by atoms with Crippen molar-refractivity contribution in [3.63, 3.8) is 0 Å². The number of nitro groups is 3. The maximum atomic E-state index is 13.0. The molecule has 0 heterocycles. The van der Waals surface area contributed by atoms with E-state index in [0.717, 1.165) is 18.2 Å². The van der Waals surface area contributed by atoms with Crippen LogP contribution >= 0.6 is 15.9 Å². The third-order valence-corrected chi connectivity index (χ3v) is 4.17. The van der Waals surface area contributed by atoms with E-state index in [1.165, 1.54) is 0 Å². The summed E-state index contributed by atoms with van der Waals surface area (Å²) >= 11 is 2.90. The number of halogens is 4. The summed E-state index contributed by atoms with van der Waals surface area (Å²) in [6, 6.07) is 2.87. The molecule has 152 valence electrons. The normalized spacial score (nSPS) is 11.0. The van der Waals surface area contributed by atoms with Gasteiger partial charge in [0.15, 0.2) is 0 Å². The van der Waals surface area contributed by atoms with Crippen molar-refractivity contribution in [2.75, 3.05) is 4.90 Å². The summed E-state index contributed by atoms with van der Waals surface area (Å²) in [7, 11) is 0. The van der Waals surface area contributed by atoms with Gasteiger partial charge in [-0.15, -0.1) is 0 Å². The predicted octanol–water partition coefficient (Wildman–Crippen LogP) is 4.49. The van der Waals surface area contributed by atoms with Crippen LogP contribution in [0.3, 0.4) is 0 Å². The molecule has 0 aliphatic heterocycles. The molecule has 0 radical (unpaired) electrons. The lowest BCUT2D eigenvalue weighted by Gasteiger charge is -2.19. The van der Waals surface area contributed by atoms with Crippen LogP contribution in [0.25, 0.3) is 0 Å². The van der Waals surface area contributed by atoms with Crippen molar-refractivity contribution in [3.8, 4) is 0 Å². The van der Waals surface area contributed by atoms with Gasteiger partial charge in [-0.05, 0) is 22.0 Å². The van der Waals surface area contributed by atoms with Gasteiger partial charge in [-0.3, -0.25) is 40.0 Å². The number of carbonyl (C=O) groups excluding carboxylic acids is 1. The Hall–Kier alpha value is -3.62. The second kappa shape index (κ2) is 7.78. The number of nitrogens with zero attached hydrogens (tertiary/aromatic N) is 4. The number of alkyl halides is 3. The first-order valence-electron chi connectivity index (χ1n) is 7.11. The highest BCUT2D eigenvalue weighted by Crippen LogP contribution is 2.46. The Balaban J connectivity index is 2.86. The summed E-state index contributed by atoms with van der Waals surface area (Å²) in [6.07, 6.45) is -5.23. The molecule has 0 N–H and O–H groups in total. The average Bonchev–Trinajstić information content (AvgIpc) is 2.61. The molecule has 0 fully saturated rings. The highest BCUT2D eigenvalue weighted by Gasteiger charge is 2.40. The van der Waals surface area contributed by atoms with Crippen LogP contribution < -0.4 is 4.90 Å². The second-order valence-electron chi connectivity index (χ2n) is 5.24. The molecule has 1 amide bonds. The largest absolute Gasteiger partial charge is 0.416 e. The van der Waals surface area contributed by atoms with Crippen molar-refractivity contribution >= 4 is 50.8 Å². The number of anilines is 2. The lowest BCUT2D eigenvalue weighted by Crippen LogP contribution is -2.19. The third-order valence-electron chi connectivity index (χ3n) is 3.54. The number of hydrogen-bond acceptors (Lipinski definition) is 7. The van der Waals surface area contributed by atoms with Crippen LogP contribution in [0.15, 0.2) is 34.8 Å². The fourth-order valence-electron chi connectivity index (χ4n) is 2.33. The van der Waals surface area contributed by atoms with Crippen LogP contribution in [0, 0.1) is 30.3 Å². The molecular weight excluding hydrogens is 473 g/mol. The van der Waals surface area contributed by atoms with E-state index >= 15 is 0 Å². The van der Waals surface area contributed by atoms with Crippen molar-refractivity contribution in [2.24, 2.45) is 0 Å². The third kappa shape index (κ3) is 4.29. The molecular formula is C14H6BrF3N4O7.